The molecule has 0 aliphatic heterocycles. The highest BCUT2D eigenvalue weighted by molar-refractivity contribution is 5.91. The highest BCUT2D eigenvalue weighted by Crippen LogP contribution is 2.40. The number of pyridine rings is 1. The summed E-state index contributed by atoms with van der Waals surface area (Å²) >= 11 is 0. The molecule has 156 valence electrons. The van der Waals surface area contributed by atoms with E-state index in [1.807, 2.05) is 43.5 Å². The summed E-state index contributed by atoms with van der Waals surface area (Å²) in [4.78, 5) is 16.8. The number of nitrogens with zero attached hydrogens (tertiary/aromatic N) is 2. The van der Waals surface area contributed by atoms with Gasteiger partial charge in [-0.3, -0.25) is 9.20 Å². The highest BCUT2D eigenvalue weighted by Gasteiger charge is 2.34. The predicted molar refractivity (Wildman–Crippen MR) is 125 cm³/mol. The average molecular weight is 411 g/mol. The van der Waals surface area contributed by atoms with Crippen LogP contribution in [-0.4, -0.2) is 15.3 Å². The molecule has 1 saturated carbocycles. The molecule has 1 amide bonds. The second kappa shape index (κ2) is 7.67. The predicted octanol–water partition coefficient (Wildman–Crippen LogP) is 5.35. The minimum atomic E-state index is -0.175. The summed E-state index contributed by atoms with van der Waals surface area (Å²) < 4.78 is 2.08. The molecule has 0 spiro atoms. The van der Waals surface area contributed by atoms with Crippen molar-refractivity contribution >= 4 is 17.2 Å². The van der Waals surface area contributed by atoms with Crippen LogP contribution in [-0.2, 0) is 10.3 Å². The van der Waals surface area contributed by atoms with Crippen molar-refractivity contribution < 1.29 is 4.79 Å². The van der Waals surface area contributed by atoms with E-state index < -0.39 is 0 Å². The maximum atomic E-state index is 11.8. The number of benzene rings is 2. The second-order valence-corrected chi connectivity index (χ2v) is 8.31. The lowest BCUT2D eigenvalue weighted by Gasteiger charge is -2.38. The van der Waals surface area contributed by atoms with Crippen LogP contribution in [0.4, 0.5) is 5.69 Å². The molecule has 2 aromatic carbocycles. The van der Waals surface area contributed by atoms with Crippen molar-refractivity contribution in [2.75, 3.05) is 5.32 Å². The highest BCUT2D eigenvalue weighted by atomic mass is 16.1. The first-order chi connectivity index (χ1) is 15.1. The number of fused-ring (bicyclic) bond motifs is 1. The largest absolute Gasteiger partial charge is 0.326 e. The smallest absolute Gasteiger partial charge is 0.224 e. The first kappa shape index (κ1) is 19.5. The van der Waals surface area contributed by atoms with Crippen LogP contribution >= 0.6 is 0 Å². The first-order valence-corrected chi connectivity index (χ1v) is 10.8. The molecule has 5 rings (SSSR count). The van der Waals surface area contributed by atoms with Gasteiger partial charge in [0.2, 0.25) is 5.91 Å². The van der Waals surface area contributed by atoms with Crippen molar-refractivity contribution in [1.29, 1.82) is 0 Å². The molecule has 3 N–H and O–H groups in total. The minimum absolute atomic E-state index is 0.0123. The molecule has 0 bridgehead atoms. The van der Waals surface area contributed by atoms with Crippen molar-refractivity contribution in [2.45, 2.75) is 38.1 Å². The van der Waals surface area contributed by atoms with Crippen molar-refractivity contribution in [2.24, 2.45) is 5.73 Å². The Morgan fingerprint density at radius 3 is 2.45 bits per heavy atom. The van der Waals surface area contributed by atoms with E-state index in [1.165, 1.54) is 12.0 Å². The molecular formula is C26H26N4O. The molecule has 0 unspecified atom stereocenters. The summed E-state index contributed by atoms with van der Waals surface area (Å²) in [5, 5.41) is 2.92. The molecular weight excluding hydrogens is 384 g/mol. The second-order valence-electron chi connectivity index (χ2n) is 8.31. The number of aromatic nitrogens is 2. The minimum Gasteiger partial charge on any atom is -0.326 e. The van der Waals surface area contributed by atoms with E-state index in [1.54, 1.807) is 0 Å². The van der Waals surface area contributed by atoms with Gasteiger partial charge in [-0.25, -0.2) is 4.98 Å². The summed E-state index contributed by atoms with van der Waals surface area (Å²) in [5.41, 5.74) is 13.2. The molecule has 1 fully saturated rings. The number of nitrogens with two attached hydrogens (primary N) is 1. The number of rotatable bonds is 5. The van der Waals surface area contributed by atoms with Crippen LogP contribution < -0.4 is 11.1 Å². The molecule has 2 heterocycles. The van der Waals surface area contributed by atoms with Crippen molar-refractivity contribution in [3.8, 4) is 22.5 Å². The van der Waals surface area contributed by atoms with Crippen molar-refractivity contribution in [3.05, 3.63) is 78.5 Å². The van der Waals surface area contributed by atoms with Gasteiger partial charge >= 0.3 is 0 Å². The molecule has 5 nitrogen and oxygen atoms in total. The molecule has 2 aromatic heterocycles. The van der Waals surface area contributed by atoms with Gasteiger partial charge in [0.15, 0.2) is 0 Å². The average Bonchev–Trinajstić information content (AvgIpc) is 3.17. The molecule has 1 aliphatic carbocycles. The van der Waals surface area contributed by atoms with Gasteiger partial charge in [-0.1, -0.05) is 61.5 Å². The van der Waals surface area contributed by atoms with E-state index in [-0.39, 0.29) is 11.4 Å². The third-order valence-electron chi connectivity index (χ3n) is 6.26. The zero-order valence-electron chi connectivity index (χ0n) is 17.6. The summed E-state index contributed by atoms with van der Waals surface area (Å²) in [6, 6.07) is 22.6. The molecule has 31 heavy (non-hydrogen) atoms. The number of nitrogens with one attached hydrogen (secondary N) is 1. The number of imidazole rings is 1. The Labute approximate surface area is 181 Å². The summed E-state index contributed by atoms with van der Waals surface area (Å²) in [6.07, 6.45) is 5.69. The first-order valence-electron chi connectivity index (χ1n) is 10.8. The fourth-order valence-electron chi connectivity index (χ4n) is 4.25. The topological polar surface area (TPSA) is 72.4 Å². The molecule has 0 saturated heterocycles. The van der Waals surface area contributed by atoms with Gasteiger partial charge in [-0.05, 0) is 30.9 Å². The van der Waals surface area contributed by atoms with Gasteiger partial charge in [0.05, 0.1) is 11.4 Å². The van der Waals surface area contributed by atoms with Gasteiger partial charge in [0, 0.05) is 41.0 Å². The molecule has 0 radical (unpaired) electrons. The van der Waals surface area contributed by atoms with E-state index in [4.69, 9.17) is 10.7 Å². The lowest BCUT2D eigenvalue weighted by molar-refractivity contribution is -0.115. The van der Waals surface area contributed by atoms with E-state index >= 15 is 0 Å². The van der Waals surface area contributed by atoms with E-state index in [0.29, 0.717) is 6.42 Å². The van der Waals surface area contributed by atoms with Crippen LogP contribution in [0.25, 0.3) is 28.2 Å². The molecule has 5 heteroatoms. The van der Waals surface area contributed by atoms with Crippen LogP contribution in [0.1, 0.15) is 38.2 Å². The number of anilines is 1. The fraction of sp³-hybridized carbons (Fsp3) is 0.231. The Balaban J connectivity index is 1.63. The molecule has 1 aliphatic rings. The molecule has 4 aromatic rings. The van der Waals surface area contributed by atoms with Gasteiger partial charge in [-0.15, -0.1) is 0 Å². The van der Waals surface area contributed by atoms with Gasteiger partial charge in [0.25, 0.3) is 0 Å². The van der Waals surface area contributed by atoms with Gasteiger partial charge in [0.1, 0.15) is 5.65 Å². The molecule has 0 atom stereocenters. The van der Waals surface area contributed by atoms with E-state index in [9.17, 15) is 4.79 Å². The summed E-state index contributed by atoms with van der Waals surface area (Å²) in [7, 11) is 0. The SMILES string of the molecule is CCC(=O)Nc1ccn2c(-c3ccccc3)c(-c3ccc(C4(N)CCC4)cc3)nc2c1. The Bertz CT molecular complexity index is 1240. The lowest BCUT2D eigenvalue weighted by Crippen LogP contribution is -2.43. The summed E-state index contributed by atoms with van der Waals surface area (Å²) in [6.45, 7) is 1.84. The van der Waals surface area contributed by atoms with Crippen LogP contribution in [0.2, 0.25) is 0 Å². The zero-order valence-corrected chi connectivity index (χ0v) is 17.6. The maximum Gasteiger partial charge on any atom is 0.224 e. The van der Waals surface area contributed by atoms with Gasteiger partial charge in [-0.2, -0.15) is 0 Å². The Hall–Kier alpha value is -3.44. The van der Waals surface area contributed by atoms with Crippen LogP contribution in [0.5, 0.6) is 0 Å². The number of carbonyl (C=O) groups excluding carboxylic acids is 1. The third kappa shape index (κ3) is 3.51. The Kier molecular flexibility index (Phi) is 4.83. The van der Waals surface area contributed by atoms with Crippen molar-refractivity contribution in [3.63, 3.8) is 0 Å². The van der Waals surface area contributed by atoms with Gasteiger partial charge < -0.3 is 11.1 Å². The monoisotopic (exact) mass is 410 g/mol. The normalized spacial score (nSPS) is 14.9. The Morgan fingerprint density at radius 2 is 1.81 bits per heavy atom. The standard InChI is InChI=1S/C26H26N4O/c1-2-23(31)28-21-13-16-30-22(17-21)29-24(25(30)19-7-4-3-5-8-19)18-9-11-20(12-10-18)26(27)14-6-15-26/h3-5,7-13,16-17H,2,6,14-15,27H2,1H3,(H,28,31). The fourth-order valence-corrected chi connectivity index (χ4v) is 4.25. The van der Waals surface area contributed by atoms with Crippen molar-refractivity contribution in [1.82, 2.24) is 9.38 Å². The lowest BCUT2D eigenvalue weighted by atomic mass is 9.72. The maximum absolute atomic E-state index is 11.8. The van der Waals surface area contributed by atoms with E-state index in [2.05, 4.69) is 46.1 Å². The third-order valence-corrected chi connectivity index (χ3v) is 6.26. The number of carbonyl (C=O) groups is 1. The number of hydrogen-bond acceptors (Lipinski definition) is 3. The van der Waals surface area contributed by atoms with E-state index in [0.717, 1.165) is 46.7 Å². The Morgan fingerprint density at radius 1 is 1.06 bits per heavy atom. The number of amides is 1. The summed E-state index contributed by atoms with van der Waals surface area (Å²) in [5.74, 6) is -0.0123. The van der Waals surface area contributed by atoms with Crippen LogP contribution in [0, 0.1) is 0 Å². The quantitative estimate of drug-likeness (QED) is 0.465. The number of hydrogen-bond donors (Lipinski definition) is 2. The van der Waals surface area contributed by atoms with Crippen LogP contribution in [0.3, 0.4) is 0 Å². The van der Waals surface area contributed by atoms with Crippen LogP contribution in [0.15, 0.2) is 72.9 Å². The zero-order chi connectivity index (χ0) is 21.4.